The summed E-state index contributed by atoms with van der Waals surface area (Å²) in [5, 5.41) is 3.35. The van der Waals surface area contributed by atoms with Crippen LogP contribution in [-0.4, -0.2) is 37.0 Å². The zero-order valence-electron chi connectivity index (χ0n) is 10.7. The van der Waals surface area contributed by atoms with E-state index in [1.54, 1.807) is 23.1 Å². The maximum absolute atomic E-state index is 13.6. The molecule has 0 bridgehead atoms. The van der Waals surface area contributed by atoms with Crippen molar-refractivity contribution in [3.63, 3.8) is 0 Å². The van der Waals surface area contributed by atoms with Gasteiger partial charge in [0.1, 0.15) is 5.82 Å². The number of nitrogens with zero attached hydrogens (tertiary/aromatic N) is 1. The second-order valence-corrected chi connectivity index (χ2v) is 5.38. The lowest BCUT2D eigenvalue weighted by Crippen LogP contribution is -2.33. The van der Waals surface area contributed by atoms with Gasteiger partial charge in [-0.2, -0.15) is 0 Å². The van der Waals surface area contributed by atoms with Crippen molar-refractivity contribution in [3.8, 4) is 0 Å². The van der Waals surface area contributed by atoms with Crippen molar-refractivity contribution in [2.75, 3.05) is 26.2 Å². The third-order valence-electron chi connectivity index (χ3n) is 4.16. The largest absolute Gasteiger partial charge is 0.338 e. The number of likely N-dealkylation sites (tertiary alicyclic amines) is 1. The van der Waals surface area contributed by atoms with Crippen LogP contribution >= 0.6 is 12.4 Å². The molecule has 2 aliphatic rings. The molecule has 0 aromatic heterocycles. The molecule has 0 radical (unpaired) electrons. The predicted molar refractivity (Wildman–Crippen MR) is 74.1 cm³/mol. The number of nitrogens with one attached hydrogen (secondary N) is 1. The van der Waals surface area contributed by atoms with Crippen LogP contribution in [0.15, 0.2) is 24.3 Å². The highest BCUT2D eigenvalue weighted by Crippen LogP contribution is 2.36. The SMILES string of the molecule is Cl.O=C(c1ccccc1F)N1CCC2(CCNC2)C1. The molecule has 2 fully saturated rings. The van der Waals surface area contributed by atoms with E-state index < -0.39 is 5.82 Å². The lowest BCUT2D eigenvalue weighted by atomic mass is 9.86. The summed E-state index contributed by atoms with van der Waals surface area (Å²) in [6.45, 7) is 3.51. The van der Waals surface area contributed by atoms with Crippen LogP contribution < -0.4 is 5.32 Å². The number of rotatable bonds is 1. The predicted octanol–water partition coefficient (Wildman–Crippen LogP) is 2.07. The van der Waals surface area contributed by atoms with E-state index in [-0.39, 0.29) is 29.3 Å². The average Bonchev–Trinajstić information content (AvgIpc) is 3.00. The molecule has 1 spiro atoms. The lowest BCUT2D eigenvalue weighted by Gasteiger charge is -2.22. The average molecular weight is 285 g/mol. The van der Waals surface area contributed by atoms with Crippen molar-refractivity contribution >= 4 is 18.3 Å². The van der Waals surface area contributed by atoms with E-state index in [4.69, 9.17) is 0 Å². The van der Waals surface area contributed by atoms with Crippen molar-refractivity contribution in [1.82, 2.24) is 10.2 Å². The maximum Gasteiger partial charge on any atom is 0.256 e. The van der Waals surface area contributed by atoms with E-state index in [0.29, 0.717) is 0 Å². The quantitative estimate of drug-likeness (QED) is 0.856. The fourth-order valence-corrected chi connectivity index (χ4v) is 3.06. The van der Waals surface area contributed by atoms with Crippen LogP contribution in [-0.2, 0) is 0 Å². The second-order valence-electron chi connectivity index (χ2n) is 5.38. The summed E-state index contributed by atoms with van der Waals surface area (Å²) in [6.07, 6.45) is 2.15. The summed E-state index contributed by atoms with van der Waals surface area (Å²) >= 11 is 0. The third kappa shape index (κ3) is 2.60. The molecule has 0 aliphatic carbocycles. The summed E-state index contributed by atoms with van der Waals surface area (Å²) in [5.74, 6) is -0.593. The molecule has 104 valence electrons. The third-order valence-corrected chi connectivity index (χ3v) is 4.16. The molecule has 2 saturated heterocycles. The monoisotopic (exact) mass is 284 g/mol. The van der Waals surface area contributed by atoms with E-state index >= 15 is 0 Å². The van der Waals surface area contributed by atoms with Crippen molar-refractivity contribution in [2.45, 2.75) is 12.8 Å². The number of carbonyl (C=O) groups is 1. The summed E-state index contributed by atoms with van der Waals surface area (Å²) < 4.78 is 13.6. The molecule has 3 rings (SSSR count). The van der Waals surface area contributed by atoms with Crippen LogP contribution in [0.4, 0.5) is 4.39 Å². The van der Waals surface area contributed by atoms with Gasteiger partial charge in [0.25, 0.3) is 5.91 Å². The molecule has 1 aromatic carbocycles. The minimum atomic E-state index is -0.423. The van der Waals surface area contributed by atoms with E-state index in [1.165, 1.54) is 6.07 Å². The van der Waals surface area contributed by atoms with Crippen LogP contribution in [0.5, 0.6) is 0 Å². The molecule has 1 aromatic rings. The van der Waals surface area contributed by atoms with Crippen LogP contribution in [0, 0.1) is 11.2 Å². The van der Waals surface area contributed by atoms with Crippen LogP contribution in [0.1, 0.15) is 23.2 Å². The summed E-state index contributed by atoms with van der Waals surface area (Å²) in [4.78, 5) is 14.1. The van der Waals surface area contributed by atoms with E-state index in [0.717, 1.165) is 39.0 Å². The fraction of sp³-hybridized carbons (Fsp3) is 0.500. The number of hydrogen-bond donors (Lipinski definition) is 1. The minimum Gasteiger partial charge on any atom is -0.338 e. The van der Waals surface area contributed by atoms with Gasteiger partial charge < -0.3 is 10.2 Å². The van der Waals surface area contributed by atoms with E-state index in [1.807, 2.05) is 0 Å². The Kier molecular flexibility index (Phi) is 4.11. The van der Waals surface area contributed by atoms with Gasteiger partial charge in [-0.05, 0) is 31.5 Å². The molecule has 2 aliphatic heterocycles. The first-order valence-corrected chi connectivity index (χ1v) is 6.45. The first-order valence-electron chi connectivity index (χ1n) is 6.45. The van der Waals surface area contributed by atoms with Crippen LogP contribution in [0.2, 0.25) is 0 Å². The van der Waals surface area contributed by atoms with Crippen molar-refractivity contribution < 1.29 is 9.18 Å². The normalized spacial score (nSPS) is 25.6. The number of carbonyl (C=O) groups excluding carboxylic acids is 1. The molecule has 1 unspecified atom stereocenters. The van der Waals surface area contributed by atoms with Gasteiger partial charge in [0.15, 0.2) is 0 Å². The first-order chi connectivity index (χ1) is 8.70. The smallest absolute Gasteiger partial charge is 0.256 e. The molecule has 0 saturated carbocycles. The molecule has 3 nitrogen and oxygen atoms in total. The van der Waals surface area contributed by atoms with Gasteiger partial charge in [0, 0.05) is 25.0 Å². The molecular weight excluding hydrogens is 267 g/mol. The molecule has 1 atom stereocenters. The molecule has 1 N–H and O–H groups in total. The standard InChI is InChI=1S/C14H17FN2O.ClH/c15-12-4-2-1-3-11(12)13(18)17-8-6-14(10-17)5-7-16-9-14;/h1-4,16H,5-10H2;1H. The highest BCUT2D eigenvalue weighted by molar-refractivity contribution is 5.94. The van der Waals surface area contributed by atoms with Crippen LogP contribution in [0.3, 0.4) is 0 Å². The number of benzene rings is 1. The van der Waals surface area contributed by atoms with Crippen molar-refractivity contribution in [1.29, 1.82) is 0 Å². The van der Waals surface area contributed by atoms with Gasteiger partial charge in [-0.25, -0.2) is 4.39 Å². The second kappa shape index (κ2) is 5.47. The Morgan fingerprint density at radius 1 is 1.32 bits per heavy atom. The zero-order chi connectivity index (χ0) is 12.6. The zero-order valence-corrected chi connectivity index (χ0v) is 11.5. The summed E-state index contributed by atoms with van der Waals surface area (Å²) in [7, 11) is 0. The Bertz CT molecular complexity index is 474. The van der Waals surface area contributed by atoms with Gasteiger partial charge >= 0.3 is 0 Å². The topological polar surface area (TPSA) is 32.3 Å². The Morgan fingerprint density at radius 2 is 2.11 bits per heavy atom. The Labute approximate surface area is 118 Å². The fourth-order valence-electron chi connectivity index (χ4n) is 3.06. The van der Waals surface area contributed by atoms with Gasteiger partial charge in [0.05, 0.1) is 5.56 Å². The number of amides is 1. The summed E-state index contributed by atoms with van der Waals surface area (Å²) in [5.41, 5.74) is 0.432. The van der Waals surface area contributed by atoms with Crippen LogP contribution in [0.25, 0.3) is 0 Å². The first kappa shape index (κ1) is 14.3. The van der Waals surface area contributed by atoms with E-state index in [2.05, 4.69) is 5.32 Å². The Balaban J connectivity index is 0.00000133. The lowest BCUT2D eigenvalue weighted by molar-refractivity contribution is 0.0771. The molecule has 2 heterocycles. The van der Waals surface area contributed by atoms with Gasteiger partial charge in [-0.1, -0.05) is 12.1 Å². The molecule has 1 amide bonds. The molecule has 19 heavy (non-hydrogen) atoms. The maximum atomic E-state index is 13.6. The Hall–Kier alpha value is -1.13. The highest BCUT2D eigenvalue weighted by Gasteiger charge is 2.42. The van der Waals surface area contributed by atoms with Crippen molar-refractivity contribution in [2.24, 2.45) is 5.41 Å². The van der Waals surface area contributed by atoms with Gasteiger partial charge in [0.2, 0.25) is 0 Å². The number of halogens is 2. The van der Waals surface area contributed by atoms with Gasteiger partial charge in [-0.15, -0.1) is 12.4 Å². The Morgan fingerprint density at radius 3 is 2.79 bits per heavy atom. The summed E-state index contributed by atoms with van der Waals surface area (Å²) in [6, 6.07) is 6.23. The molecular formula is C14H18ClFN2O. The number of hydrogen-bond acceptors (Lipinski definition) is 2. The van der Waals surface area contributed by atoms with E-state index in [9.17, 15) is 9.18 Å². The minimum absolute atomic E-state index is 0. The van der Waals surface area contributed by atoms with Crippen molar-refractivity contribution in [3.05, 3.63) is 35.6 Å². The molecule has 5 heteroatoms. The highest BCUT2D eigenvalue weighted by atomic mass is 35.5. The van der Waals surface area contributed by atoms with Gasteiger partial charge in [-0.3, -0.25) is 4.79 Å².